The molecule has 0 aromatic carbocycles. The highest BCUT2D eigenvalue weighted by Gasteiger charge is 2.32. The van der Waals surface area contributed by atoms with Crippen molar-refractivity contribution in [3.05, 3.63) is 0 Å². The fraction of sp³-hybridized carbons (Fsp3) is 0.875. The highest BCUT2D eigenvalue weighted by molar-refractivity contribution is 7.88. The van der Waals surface area contributed by atoms with Gasteiger partial charge in [0.1, 0.15) is 6.17 Å². The third-order valence-electron chi connectivity index (χ3n) is 2.42. The zero-order valence-electron chi connectivity index (χ0n) is 9.02. The van der Waals surface area contributed by atoms with E-state index in [2.05, 4.69) is 4.72 Å². The van der Waals surface area contributed by atoms with Crippen LogP contribution in [0.1, 0.15) is 6.42 Å². The number of amides is 1. The Morgan fingerprint density at radius 3 is 2.75 bits per heavy atom. The van der Waals surface area contributed by atoms with Crippen LogP contribution in [-0.2, 0) is 14.8 Å². The lowest BCUT2D eigenvalue weighted by Crippen LogP contribution is -2.43. The molecule has 6 nitrogen and oxygen atoms in total. The van der Waals surface area contributed by atoms with Gasteiger partial charge in [-0.1, -0.05) is 0 Å². The average Bonchev–Trinajstić information content (AvgIpc) is 2.40. The molecule has 0 radical (unpaired) electrons. The van der Waals surface area contributed by atoms with E-state index in [-0.39, 0.29) is 32.1 Å². The molecule has 1 fully saturated rings. The van der Waals surface area contributed by atoms with E-state index < -0.39 is 22.1 Å². The molecule has 3 N–H and O–H groups in total. The molecule has 94 valence electrons. The first-order valence-corrected chi connectivity index (χ1v) is 6.78. The standard InChI is InChI=1S/C8H16FN3O3S/c1-16(14,15)11-3-7-2-6(9)4-12(7)5-8(10)13/h6-7,11H,2-5H2,1H3,(H2,10,13). The molecule has 1 aliphatic rings. The van der Waals surface area contributed by atoms with Crippen molar-refractivity contribution in [3.63, 3.8) is 0 Å². The summed E-state index contributed by atoms with van der Waals surface area (Å²) < 4.78 is 37.2. The van der Waals surface area contributed by atoms with Gasteiger partial charge in [-0.25, -0.2) is 17.5 Å². The normalized spacial score (nSPS) is 27.1. The highest BCUT2D eigenvalue weighted by atomic mass is 32.2. The summed E-state index contributed by atoms with van der Waals surface area (Å²) in [6, 6.07) is -0.308. The highest BCUT2D eigenvalue weighted by Crippen LogP contribution is 2.19. The fourth-order valence-electron chi connectivity index (χ4n) is 1.78. The minimum atomic E-state index is -3.30. The van der Waals surface area contributed by atoms with Crippen LogP contribution in [0, 0.1) is 0 Å². The molecule has 2 unspecified atom stereocenters. The summed E-state index contributed by atoms with van der Waals surface area (Å²) >= 11 is 0. The SMILES string of the molecule is CS(=O)(=O)NCC1CC(F)CN1CC(N)=O. The van der Waals surface area contributed by atoms with Crippen molar-refractivity contribution in [1.82, 2.24) is 9.62 Å². The van der Waals surface area contributed by atoms with Crippen molar-refractivity contribution in [1.29, 1.82) is 0 Å². The van der Waals surface area contributed by atoms with Crippen LogP contribution in [0.15, 0.2) is 0 Å². The Balaban J connectivity index is 2.52. The topological polar surface area (TPSA) is 92.5 Å². The Morgan fingerprint density at radius 2 is 2.25 bits per heavy atom. The van der Waals surface area contributed by atoms with Gasteiger partial charge in [0, 0.05) is 19.1 Å². The van der Waals surface area contributed by atoms with Gasteiger partial charge < -0.3 is 5.73 Å². The van der Waals surface area contributed by atoms with Gasteiger partial charge in [-0.05, 0) is 6.42 Å². The summed E-state index contributed by atoms with van der Waals surface area (Å²) in [6.07, 6.45) is 0.217. The van der Waals surface area contributed by atoms with Gasteiger partial charge in [-0.15, -0.1) is 0 Å². The van der Waals surface area contributed by atoms with Crippen molar-refractivity contribution < 1.29 is 17.6 Å². The molecule has 0 aromatic heterocycles. The lowest BCUT2D eigenvalue weighted by atomic mass is 10.2. The van der Waals surface area contributed by atoms with Crippen LogP contribution in [0.4, 0.5) is 4.39 Å². The van der Waals surface area contributed by atoms with E-state index in [0.717, 1.165) is 6.26 Å². The summed E-state index contributed by atoms with van der Waals surface area (Å²) in [5.74, 6) is -0.543. The second kappa shape index (κ2) is 5.07. The molecule has 0 spiro atoms. The minimum absolute atomic E-state index is 0.0451. The van der Waals surface area contributed by atoms with Crippen molar-refractivity contribution in [2.75, 3.05) is 25.9 Å². The number of carbonyl (C=O) groups is 1. The van der Waals surface area contributed by atoms with Crippen molar-refractivity contribution in [2.24, 2.45) is 5.73 Å². The van der Waals surface area contributed by atoms with Gasteiger partial charge in [0.25, 0.3) is 0 Å². The van der Waals surface area contributed by atoms with Crippen LogP contribution in [0.3, 0.4) is 0 Å². The number of likely N-dealkylation sites (tertiary alicyclic amines) is 1. The lowest BCUT2D eigenvalue weighted by Gasteiger charge is -2.22. The maximum atomic E-state index is 13.1. The number of sulfonamides is 1. The van der Waals surface area contributed by atoms with E-state index in [9.17, 15) is 17.6 Å². The summed E-state index contributed by atoms with van der Waals surface area (Å²) in [5.41, 5.74) is 5.02. The molecule has 1 heterocycles. The monoisotopic (exact) mass is 253 g/mol. The first kappa shape index (κ1) is 13.3. The van der Waals surface area contributed by atoms with Gasteiger partial charge in [0.05, 0.1) is 12.8 Å². The first-order chi connectivity index (χ1) is 7.28. The molecule has 2 atom stereocenters. The van der Waals surface area contributed by atoms with E-state index >= 15 is 0 Å². The summed E-state index contributed by atoms with van der Waals surface area (Å²) in [4.78, 5) is 12.3. The van der Waals surface area contributed by atoms with Crippen molar-refractivity contribution >= 4 is 15.9 Å². The maximum absolute atomic E-state index is 13.1. The Kier molecular flexibility index (Phi) is 4.22. The van der Waals surface area contributed by atoms with E-state index in [1.54, 1.807) is 4.90 Å². The van der Waals surface area contributed by atoms with Crippen LogP contribution >= 0.6 is 0 Å². The summed E-state index contributed by atoms with van der Waals surface area (Å²) in [6.45, 7) is 0.183. The smallest absolute Gasteiger partial charge is 0.231 e. The predicted molar refractivity (Wildman–Crippen MR) is 56.9 cm³/mol. The molecular weight excluding hydrogens is 237 g/mol. The zero-order chi connectivity index (χ0) is 12.3. The van der Waals surface area contributed by atoms with Crippen LogP contribution in [-0.4, -0.2) is 57.3 Å². The average molecular weight is 253 g/mol. The second-order valence-corrected chi connectivity index (χ2v) is 5.84. The molecule has 0 aliphatic carbocycles. The molecular formula is C8H16FN3O3S. The number of hydrogen-bond donors (Lipinski definition) is 2. The quantitative estimate of drug-likeness (QED) is 0.619. The molecule has 1 aliphatic heterocycles. The van der Waals surface area contributed by atoms with Gasteiger partial charge in [0.2, 0.25) is 15.9 Å². The third kappa shape index (κ3) is 4.42. The van der Waals surface area contributed by atoms with Gasteiger partial charge >= 0.3 is 0 Å². The number of rotatable bonds is 5. The van der Waals surface area contributed by atoms with E-state index in [0.29, 0.717) is 0 Å². The van der Waals surface area contributed by atoms with Crippen molar-refractivity contribution in [2.45, 2.75) is 18.6 Å². The molecule has 1 rings (SSSR count). The van der Waals surface area contributed by atoms with Crippen LogP contribution < -0.4 is 10.5 Å². The second-order valence-electron chi connectivity index (χ2n) is 4.00. The number of hydrogen-bond acceptors (Lipinski definition) is 4. The number of nitrogens with one attached hydrogen (secondary N) is 1. The minimum Gasteiger partial charge on any atom is -0.369 e. The summed E-state index contributed by atoms with van der Waals surface area (Å²) in [7, 11) is -3.30. The van der Waals surface area contributed by atoms with E-state index in [4.69, 9.17) is 5.73 Å². The zero-order valence-corrected chi connectivity index (χ0v) is 9.84. The molecule has 1 saturated heterocycles. The number of halogens is 1. The molecule has 16 heavy (non-hydrogen) atoms. The number of primary amides is 1. The number of carbonyl (C=O) groups excluding carboxylic acids is 1. The van der Waals surface area contributed by atoms with Crippen molar-refractivity contribution in [3.8, 4) is 0 Å². The van der Waals surface area contributed by atoms with Crippen LogP contribution in [0.5, 0.6) is 0 Å². The number of nitrogens with zero attached hydrogens (tertiary/aromatic N) is 1. The molecule has 1 amide bonds. The van der Waals surface area contributed by atoms with Crippen LogP contribution in [0.25, 0.3) is 0 Å². The van der Waals surface area contributed by atoms with Gasteiger partial charge in [0.15, 0.2) is 0 Å². The van der Waals surface area contributed by atoms with Gasteiger partial charge in [-0.3, -0.25) is 9.69 Å². The summed E-state index contributed by atoms with van der Waals surface area (Å²) in [5, 5.41) is 0. The first-order valence-electron chi connectivity index (χ1n) is 4.89. The number of alkyl halides is 1. The number of nitrogens with two attached hydrogens (primary N) is 1. The largest absolute Gasteiger partial charge is 0.369 e. The Labute approximate surface area is 94.0 Å². The fourth-order valence-corrected chi connectivity index (χ4v) is 2.27. The predicted octanol–water partition coefficient (Wildman–Crippen LogP) is -1.57. The Bertz CT molecular complexity index is 360. The maximum Gasteiger partial charge on any atom is 0.231 e. The lowest BCUT2D eigenvalue weighted by molar-refractivity contribution is -0.119. The Hall–Kier alpha value is -0.730. The molecule has 0 aromatic rings. The molecule has 8 heteroatoms. The Morgan fingerprint density at radius 1 is 1.62 bits per heavy atom. The third-order valence-corrected chi connectivity index (χ3v) is 3.11. The van der Waals surface area contributed by atoms with E-state index in [1.807, 2.05) is 0 Å². The van der Waals surface area contributed by atoms with Gasteiger partial charge in [-0.2, -0.15) is 0 Å². The van der Waals surface area contributed by atoms with E-state index in [1.165, 1.54) is 0 Å². The molecule has 0 bridgehead atoms. The molecule has 0 saturated carbocycles. The van der Waals surface area contributed by atoms with Crippen LogP contribution in [0.2, 0.25) is 0 Å².